The molecule has 0 aromatic heterocycles. The molecule has 0 N–H and O–H groups in total. The van der Waals surface area contributed by atoms with Gasteiger partial charge in [0.05, 0.1) is 0 Å². The molecule has 4 rings (SSSR count). The first-order valence-electron chi connectivity index (χ1n) is 8.76. The summed E-state index contributed by atoms with van der Waals surface area (Å²) in [7, 11) is 0. The van der Waals surface area contributed by atoms with Crippen molar-refractivity contribution in [3.63, 3.8) is 0 Å². The third-order valence-corrected chi connectivity index (χ3v) is 4.80. The first kappa shape index (κ1) is 15.8. The zero-order valence-corrected chi connectivity index (χ0v) is 14.6. The molecule has 1 heterocycles. The molecule has 3 aromatic rings. The van der Waals surface area contributed by atoms with Crippen LogP contribution in [0.4, 0.5) is 0 Å². The van der Waals surface area contributed by atoms with Gasteiger partial charge in [-0.2, -0.15) is 0 Å². The van der Waals surface area contributed by atoms with Crippen molar-refractivity contribution in [2.45, 2.75) is 32.5 Å². The van der Waals surface area contributed by atoms with Gasteiger partial charge < -0.3 is 9.47 Å². The van der Waals surface area contributed by atoms with Gasteiger partial charge >= 0.3 is 0 Å². The van der Waals surface area contributed by atoms with Crippen molar-refractivity contribution in [3.8, 4) is 11.5 Å². The van der Waals surface area contributed by atoms with E-state index < -0.39 is 0 Å². The quantitative estimate of drug-likeness (QED) is 0.591. The fourth-order valence-corrected chi connectivity index (χ4v) is 3.49. The second-order valence-electron chi connectivity index (χ2n) is 6.62. The van der Waals surface area contributed by atoms with Crippen molar-refractivity contribution >= 4 is 0 Å². The van der Waals surface area contributed by atoms with Crippen molar-refractivity contribution in [2.75, 3.05) is 0 Å². The van der Waals surface area contributed by atoms with Gasteiger partial charge in [0, 0.05) is 12.0 Å². The lowest BCUT2D eigenvalue weighted by Crippen LogP contribution is -2.23. The van der Waals surface area contributed by atoms with E-state index in [4.69, 9.17) is 9.47 Å². The molecule has 0 fully saturated rings. The summed E-state index contributed by atoms with van der Waals surface area (Å²) in [6.07, 6.45) is 0.787. The number of ether oxygens (including phenoxy) is 2. The maximum absolute atomic E-state index is 6.52. The molecule has 0 amide bonds. The molecule has 0 bridgehead atoms. The van der Waals surface area contributed by atoms with E-state index >= 15 is 0 Å². The molecule has 0 spiro atoms. The molecular weight excluding hydrogens is 308 g/mol. The van der Waals surface area contributed by atoms with Crippen LogP contribution in [0.1, 0.15) is 40.9 Å². The van der Waals surface area contributed by atoms with Gasteiger partial charge in [-0.15, -0.1) is 0 Å². The maximum Gasteiger partial charge on any atom is 0.131 e. The fraction of sp³-hybridized carbons (Fsp3) is 0.217. The monoisotopic (exact) mass is 330 g/mol. The highest BCUT2D eigenvalue weighted by Gasteiger charge is 2.31. The molecule has 0 saturated heterocycles. The Bertz CT molecular complexity index is 850. The maximum atomic E-state index is 6.52. The molecule has 2 nitrogen and oxygen atoms in total. The lowest BCUT2D eigenvalue weighted by Gasteiger charge is -2.33. The smallest absolute Gasteiger partial charge is 0.131 e. The molecule has 2 atom stereocenters. The van der Waals surface area contributed by atoms with Crippen LogP contribution >= 0.6 is 0 Å². The van der Waals surface area contributed by atoms with Crippen molar-refractivity contribution in [2.24, 2.45) is 0 Å². The zero-order chi connectivity index (χ0) is 17.2. The summed E-state index contributed by atoms with van der Waals surface area (Å²) in [5.41, 5.74) is 4.64. The van der Waals surface area contributed by atoms with Gasteiger partial charge in [0.15, 0.2) is 0 Å². The van der Waals surface area contributed by atoms with Crippen molar-refractivity contribution in [1.29, 1.82) is 0 Å². The summed E-state index contributed by atoms with van der Waals surface area (Å²) in [4.78, 5) is 0. The van der Waals surface area contributed by atoms with E-state index in [1.165, 1.54) is 16.7 Å². The van der Waals surface area contributed by atoms with Crippen LogP contribution in [0.5, 0.6) is 11.5 Å². The average Bonchev–Trinajstić information content (AvgIpc) is 2.65. The van der Waals surface area contributed by atoms with Gasteiger partial charge in [-0.3, -0.25) is 0 Å². The van der Waals surface area contributed by atoms with Gasteiger partial charge in [-0.05, 0) is 36.6 Å². The summed E-state index contributed by atoms with van der Waals surface area (Å²) >= 11 is 0. The van der Waals surface area contributed by atoms with Gasteiger partial charge in [-0.25, -0.2) is 0 Å². The molecule has 0 unspecified atom stereocenters. The second kappa shape index (κ2) is 6.64. The topological polar surface area (TPSA) is 18.5 Å². The summed E-state index contributed by atoms with van der Waals surface area (Å²) in [5, 5.41) is 0. The van der Waals surface area contributed by atoms with E-state index in [-0.39, 0.29) is 12.2 Å². The number of hydrogen-bond acceptors (Lipinski definition) is 2. The first-order valence-corrected chi connectivity index (χ1v) is 8.76. The number of fused-ring (bicyclic) bond motifs is 1. The Morgan fingerprint density at radius 1 is 0.800 bits per heavy atom. The number of para-hydroxylation sites is 2. The lowest BCUT2D eigenvalue weighted by molar-refractivity contribution is 0.0800. The predicted molar refractivity (Wildman–Crippen MR) is 100 cm³/mol. The molecule has 3 aromatic carbocycles. The van der Waals surface area contributed by atoms with Crippen LogP contribution < -0.4 is 9.47 Å². The van der Waals surface area contributed by atoms with E-state index in [1.54, 1.807) is 0 Å². The Morgan fingerprint density at radius 2 is 1.48 bits per heavy atom. The van der Waals surface area contributed by atoms with Gasteiger partial charge in [-0.1, -0.05) is 66.7 Å². The minimum atomic E-state index is -0.0186. The van der Waals surface area contributed by atoms with Crippen LogP contribution in [0.25, 0.3) is 0 Å². The summed E-state index contributed by atoms with van der Waals surface area (Å²) in [5.74, 6) is 1.90. The van der Waals surface area contributed by atoms with Gasteiger partial charge in [0.1, 0.15) is 23.7 Å². The minimum Gasteiger partial charge on any atom is -0.485 e. The van der Waals surface area contributed by atoms with Crippen LogP contribution in [0.2, 0.25) is 0 Å². The standard InChI is InChI=1S/C23H22O2/c1-16-9-8-10-17(2)23(16)25-22-15-21(18-11-4-3-5-12-18)24-20-14-7-6-13-19(20)22/h3-14,21-22H,15H2,1-2H3/t21-,22-/m1/s1. The first-order chi connectivity index (χ1) is 12.2. The molecular formula is C23H22O2. The summed E-state index contributed by atoms with van der Waals surface area (Å²) in [6.45, 7) is 4.20. The number of rotatable bonds is 3. The Hall–Kier alpha value is -2.74. The number of aryl methyl sites for hydroxylation is 2. The molecule has 25 heavy (non-hydrogen) atoms. The summed E-state index contributed by atoms with van der Waals surface area (Å²) < 4.78 is 12.8. The highest BCUT2D eigenvalue weighted by atomic mass is 16.5. The van der Waals surface area contributed by atoms with Crippen LogP contribution in [-0.2, 0) is 0 Å². The largest absolute Gasteiger partial charge is 0.485 e. The lowest BCUT2D eigenvalue weighted by atomic mass is 9.94. The van der Waals surface area contributed by atoms with Crippen LogP contribution in [0.15, 0.2) is 72.8 Å². The molecule has 0 saturated carbocycles. The Labute approximate surface area is 149 Å². The van der Waals surface area contributed by atoms with Crippen molar-refractivity contribution < 1.29 is 9.47 Å². The Kier molecular flexibility index (Phi) is 4.19. The fourth-order valence-electron chi connectivity index (χ4n) is 3.49. The van der Waals surface area contributed by atoms with E-state index in [1.807, 2.05) is 24.3 Å². The Morgan fingerprint density at radius 3 is 2.24 bits per heavy atom. The average molecular weight is 330 g/mol. The molecule has 0 radical (unpaired) electrons. The van der Waals surface area contributed by atoms with E-state index in [0.717, 1.165) is 23.5 Å². The van der Waals surface area contributed by atoms with E-state index in [2.05, 4.69) is 62.4 Å². The molecule has 0 aliphatic carbocycles. The third-order valence-electron chi connectivity index (χ3n) is 4.80. The predicted octanol–water partition coefficient (Wildman–Crippen LogP) is 5.95. The second-order valence-corrected chi connectivity index (χ2v) is 6.62. The normalized spacial score (nSPS) is 19.0. The molecule has 1 aliphatic heterocycles. The summed E-state index contributed by atoms with van der Waals surface area (Å²) in [6, 6.07) is 24.9. The Balaban J connectivity index is 1.70. The minimum absolute atomic E-state index is 0.00502. The van der Waals surface area contributed by atoms with Crippen LogP contribution in [0, 0.1) is 13.8 Å². The zero-order valence-electron chi connectivity index (χ0n) is 14.6. The highest BCUT2D eigenvalue weighted by Crippen LogP contribution is 2.43. The van der Waals surface area contributed by atoms with E-state index in [9.17, 15) is 0 Å². The van der Waals surface area contributed by atoms with Gasteiger partial charge in [0.25, 0.3) is 0 Å². The molecule has 126 valence electrons. The van der Waals surface area contributed by atoms with Crippen LogP contribution in [-0.4, -0.2) is 0 Å². The van der Waals surface area contributed by atoms with E-state index in [0.29, 0.717) is 0 Å². The molecule has 2 heteroatoms. The number of hydrogen-bond donors (Lipinski definition) is 0. The number of benzene rings is 3. The van der Waals surface area contributed by atoms with Gasteiger partial charge in [0.2, 0.25) is 0 Å². The molecule has 1 aliphatic rings. The van der Waals surface area contributed by atoms with Crippen LogP contribution in [0.3, 0.4) is 0 Å². The van der Waals surface area contributed by atoms with Crippen molar-refractivity contribution in [3.05, 3.63) is 95.1 Å². The highest BCUT2D eigenvalue weighted by molar-refractivity contribution is 5.43. The van der Waals surface area contributed by atoms with Crippen molar-refractivity contribution in [1.82, 2.24) is 0 Å². The SMILES string of the molecule is Cc1cccc(C)c1O[C@@H]1C[C@H](c2ccccc2)Oc2ccccc21. The third kappa shape index (κ3) is 3.12.